The minimum atomic E-state index is 0.104. The third kappa shape index (κ3) is 3.42. The van der Waals surface area contributed by atoms with Crippen molar-refractivity contribution in [2.24, 2.45) is 0 Å². The molecule has 0 amide bonds. The molecule has 0 unspecified atom stereocenters. The number of carbonyl (C=O) groups excluding carboxylic acids is 1. The van der Waals surface area contributed by atoms with E-state index in [0.717, 1.165) is 12.0 Å². The topological polar surface area (TPSA) is 17.1 Å². The number of carbonyl (C=O) groups is 1. The monoisotopic (exact) mass is 220 g/mol. The first-order valence-electron chi connectivity index (χ1n) is 4.88. The van der Waals surface area contributed by atoms with Gasteiger partial charge in [0, 0.05) is 23.4 Å². The van der Waals surface area contributed by atoms with Crippen molar-refractivity contribution in [1.82, 2.24) is 0 Å². The van der Waals surface area contributed by atoms with Crippen LogP contribution in [0.3, 0.4) is 0 Å². The van der Waals surface area contributed by atoms with Gasteiger partial charge in [0.05, 0.1) is 0 Å². The van der Waals surface area contributed by atoms with Crippen molar-refractivity contribution < 1.29 is 4.79 Å². The lowest BCUT2D eigenvalue weighted by Crippen LogP contribution is -1.98. The zero-order valence-electron chi connectivity index (χ0n) is 8.72. The molecule has 0 aliphatic carbocycles. The molecule has 0 spiro atoms. The van der Waals surface area contributed by atoms with Crippen LogP contribution in [-0.2, 0) is 0 Å². The Morgan fingerprint density at radius 1 is 1.53 bits per heavy atom. The third-order valence-corrected chi connectivity index (χ3v) is 2.63. The van der Waals surface area contributed by atoms with Crippen molar-refractivity contribution in [1.29, 1.82) is 0 Å². The van der Waals surface area contributed by atoms with E-state index < -0.39 is 0 Å². The predicted octanol–water partition coefficient (Wildman–Crippen LogP) is 3.63. The SMILES string of the molecule is C#CCCCC(=O)c1ccc(C)c(Cl)c1. The van der Waals surface area contributed by atoms with E-state index >= 15 is 0 Å². The Kier molecular flexibility index (Phi) is 4.39. The summed E-state index contributed by atoms with van der Waals surface area (Å²) in [4.78, 5) is 11.7. The Bertz CT molecular complexity index is 401. The number of ketones is 1. The maximum Gasteiger partial charge on any atom is 0.162 e. The van der Waals surface area contributed by atoms with Crippen LogP contribution in [0.1, 0.15) is 35.2 Å². The highest BCUT2D eigenvalue weighted by Crippen LogP contribution is 2.18. The first-order valence-corrected chi connectivity index (χ1v) is 5.25. The fourth-order valence-corrected chi connectivity index (χ4v) is 1.44. The molecule has 1 nitrogen and oxygen atoms in total. The number of terminal acetylenes is 1. The number of hydrogen-bond acceptors (Lipinski definition) is 1. The first kappa shape index (κ1) is 11.8. The minimum Gasteiger partial charge on any atom is -0.294 e. The lowest BCUT2D eigenvalue weighted by atomic mass is 10.0. The molecule has 0 saturated carbocycles. The van der Waals surface area contributed by atoms with Gasteiger partial charge in [-0.05, 0) is 25.0 Å². The molecule has 1 rings (SSSR count). The van der Waals surface area contributed by atoms with Gasteiger partial charge >= 0.3 is 0 Å². The summed E-state index contributed by atoms with van der Waals surface area (Å²) in [5.74, 6) is 2.62. The highest BCUT2D eigenvalue weighted by atomic mass is 35.5. The number of halogens is 1. The molecular formula is C13H13ClO. The van der Waals surface area contributed by atoms with Gasteiger partial charge in [0.2, 0.25) is 0 Å². The zero-order chi connectivity index (χ0) is 11.3. The maximum atomic E-state index is 11.7. The number of aryl methyl sites for hydroxylation is 1. The molecule has 15 heavy (non-hydrogen) atoms. The number of rotatable bonds is 4. The number of Topliss-reactive ketones (excluding diaryl/α,β-unsaturated/α-hetero) is 1. The van der Waals surface area contributed by atoms with Crippen molar-refractivity contribution in [3.8, 4) is 12.3 Å². The molecule has 0 heterocycles. The highest BCUT2D eigenvalue weighted by molar-refractivity contribution is 6.31. The number of benzene rings is 1. The fourth-order valence-electron chi connectivity index (χ4n) is 1.26. The van der Waals surface area contributed by atoms with Gasteiger partial charge in [-0.3, -0.25) is 4.79 Å². The molecule has 0 N–H and O–H groups in total. The van der Waals surface area contributed by atoms with Gasteiger partial charge in [0.25, 0.3) is 0 Å². The summed E-state index contributed by atoms with van der Waals surface area (Å²) in [6, 6.07) is 5.38. The van der Waals surface area contributed by atoms with Crippen LogP contribution in [0.5, 0.6) is 0 Å². The van der Waals surface area contributed by atoms with Crippen LogP contribution in [0.4, 0.5) is 0 Å². The molecule has 0 aromatic heterocycles. The summed E-state index contributed by atoms with van der Waals surface area (Å²) in [5.41, 5.74) is 1.65. The van der Waals surface area contributed by atoms with E-state index in [0.29, 0.717) is 23.4 Å². The summed E-state index contributed by atoms with van der Waals surface area (Å²) < 4.78 is 0. The fraction of sp³-hybridized carbons (Fsp3) is 0.308. The summed E-state index contributed by atoms with van der Waals surface area (Å²) >= 11 is 5.93. The van der Waals surface area contributed by atoms with E-state index in [4.69, 9.17) is 18.0 Å². The van der Waals surface area contributed by atoms with Crippen LogP contribution in [0, 0.1) is 19.3 Å². The van der Waals surface area contributed by atoms with Crippen LogP contribution < -0.4 is 0 Å². The molecule has 0 aliphatic rings. The van der Waals surface area contributed by atoms with E-state index in [-0.39, 0.29) is 5.78 Å². The third-order valence-electron chi connectivity index (χ3n) is 2.22. The Morgan fingerprint density at radius 2 is 2.27 bits per heavy atom. The molecule has 0 radical (unpaired) electrons. The van der Waals surface area contributed by atoms with E-state index in [2.05, 4.69) is 5.92 Å². The quantitative estimate of drug-likeness (QED) is 0.430. The second-order valence-electron chi connectivity index (χ2n) is 3.44. The van der Waals surface area contributed by atoms with Crippen LogP contribution >= 0.6 is 11.6 Å². The zero-order valence-corrected chi connectivity index (χ0v) is 9.47. The van der Waals surface area contributed by atoms with Crippen LogP contribution in [0.15, 0.2) is 18.2 Å². The second kappa shape index (κ2) is 5.58. The number of hydrogen-bond donors (Lipinski definition) is 0. The van der Waals surface area contributed by atoms with Crippen molar-refractivity contribution in [3.63, 3.8) is 0 Å². The van der Waals surface area contributed by atoms with Crippen molar-refractivity contribution in [2.45, 2.75) is 26.2 Å². The van der Waals surface area contributed by atoms with Crippen LogP contribution in [0.25, 0.3) is 0 Å². The Morgan fingerprint density at radius 3 is 2.87 bits per heavy atom. The molecule has 0 atom stereocenters. The lowest BCUT2D eigenvalue weighted by molar-refractivity contribution is 0.0980. The highest BCUT2D eigenvalue weighted by Gasteiger charge is 2.06. The summed E-state index contributed by atoms with van der Waals surface area (Å²) in [6.07, 6.45) is 6.99. The van der Waals surface area contributed by atoms with E-state index in [1.165, 1.54) is 0 Å². The van der Waals surface area contributed by atoms with Crippen LogP contribution in [0.2, 0.25) is 5.02 Å². The molecule has 0 aliphatic heterocycles. The average Bonchev–Trinajstić information content (AvgIpc) is 2.22. The largest absolute Gasteiger partial charge is 0.294 e. The van der Waals surface area contributed by atoms with Crippen molar-refractivity contribution in [3.05, 3.63) is 34.3 Å². The predicted molar refractivity (Wildman–Crippen MR) is 63.2 cm³/mol. The Hall–Kier alpha value is -1.26. The molecule has 0 bridgehead atoms. The lowest BCUT2D eigenvalue weighted by Gasteiger charge is -2.02. The first-order chi connectivity index (χ1) is 7.15. The van der Waals surface area contributed by atoms with Gasteiger partial charge in [0.15, 0.2) is 5.78 Å². The molecule has 2 heteroatoms. The molecule has 0 fully saturated rings. The summed E-state index contributed by atoms with van der Waals surface area (Å²) in [7, 11) is 0. The van der Waals surface area contributed by atoms with Gasteiger partial charge in [-0.15, -0.1) is 12.3 Å². The van der Waals surface area contributed by atoms with Crippen LogP contribution in [-0.4, -0.2) is 5.78 Å². The average molecular weight is 221 g/mol. The Labute approximate surface area is 95.5 Å². The Balaban J connectivity index is 2.67. The summed E-state index contributed by atoms with van der Waals surface area (Å²) in [6.45, 7) is 1.91. The van der Waals surface area contributed by atoms with E-state index in [1.54, 1.807) is 12.1 Å². The minimum absolute atomic E-state index is 0.104. The van der Waals surface area contributed by atoms with E-state index in [1.807, 2.05) is 13.0 Å². The van der Waals surface area contributed by atoms with Crippen molar-refractivity contribution in [2.75, 3.05) is 0 Å². The molecule has 1 aromatic carbocycles. The summed E-state index contributed by atoms with van der Waals surface area (Å²) in [5, 5.41) is 0.637. The van der Waals surface area contributed by atoms with Gasteiger partial charge in [-0.25, -0.2) is 0 Å². The smallest absolute Gasteiger partial charge is 0.162 e. The van der Waals surface area contributed by atoms with E-state index in [9.17, 15) is 4.79 Å². The van der Waals surface area contributed by atoms with Gasteiger partial charge < -0.3 is 0 Å². The molecule has 1 aromatic rings. The van der Waals surface area contributed by atoms with Gasteiger partial charge in [0.1, 0.15) is 0 Å². The maximum absolute atomic E-state index is 11.7. The van der Waals surface area contributed by atoms with Crippen molar-refractivity contribution >= 4 is 17.4 Å². The second-order valence-corrected chi connectivity index (χ2v) is 3.85. The molecule has 0 saturated heterocycles. The standard InChI is InChI=1S/C13H13ClO/c1-3-4-5-6-13(15)11-8-7-10(2)12(14)9-11/h1,7-9H,4-6H2,2H3. The van der Waals surface area contributed by atoms with Gasteiger partial charge in [-0.1, -0.05) is 23.7 Å². The van der Waals surface area contributed by atoms with Gasteiger partial charge in [-0.2, -0.15) is 0 Å². The normalized spacial score (nSPS) is 9.67. The molecular weight excluding hydrogens is 208 g/mol. The molecule has 78 valence electrons. The number of unbranched alkanes of at least 4 members (excludes halogenated alkanes) is 1.